The molecule has 3 N–H and O–H groups in total. The molecule has 2 aromatic carbocycles. The molecular weight excluding hydrogens is 530 g/mol. The first kappa shape index (κ1) is 27.7. The number of nitrogens with zero attached hydrogens (tertiary/aromatic N) is 1. The Balaban J connectivity index is 0.00000304. The van der Waals surface area contributed by atoms with Crippen LogP contribution < -0.4 is 11.1 Å². The lowest BCUT2D eigenvalue weighted by atomic mass is 9.87. The summed E-state index contributed by atoms with van der Waals surface area (Å²) in [6, 6.07) is 17.1. The average molecular weight is 573 g/mol. The number of nitrogens with one attached hydrogen (secondary N) is 1. The van der Waals surface area contributed by atoms with E-state index >= 15 is 0 Å². The fourth-order valence-corrected chi connectivity index (χ4v) is 6.88. The van der Waals surface area contributed by atoms with Gasteiger partial charge >= 0.3 is 0 Å². The number of aryl methyl sites for hydroxylation is 1. The van der Waals surface area contributed by atoms with Crippen LogP contribution in [0.25, 0.3) is 10.9 Å². The van der Waals surface area contributed by atoms with E-state index in [0.717, 1.165) is 38.3 Å². The van der Waals surface area contributed by atoms with Gasteiger partial charge in [0.2, 0.25) is 0 Å². The summed E-state index contributed by atoms with van der Waals surface area (Å²) in [5.74, 6) is 1.20. The molecule has 1 unspecified atom stereocenters. The van der Waals surface area contributed by atoms with Gasteiger partial charge in [0.05, 0.1) is 0 Å². The van der Waals surface area contributed by atoms with Gasteiger partial charge in [-0.15, -0.1) is 12.4 Å². The normalized spacial score (nSPS) is 21.9. The van der Waals surface area contributed by atoms with Crippen molar-refractivity contribution in [2.75, 3.05) is 6.54 Å². The van der Waals surface area contributed by atoms with Crippen molar-refractivity contribution in [3.8, 4) is 0 Å². The van der Waals surface area contributed by atoms with Crippen LogP contribution in [0.5, 0.6) is 0 Å². The molecule has 2 aliphatic carbocycles. The van der Waals surface area contributed by atoms with Crippen molar-refractivity contribution in [3.63, 3.8) is 0 Å². The highest BCUT2D eigenvalue weighted by Gasteiger charge is 2.23. The van der Waals surface area contributed by atoms with Crippen LogP contribution >= 0.6 is 28.3 Å². The molecule has 2 aliphatic rings. The van der Waals surface area contributed by atoms with Gasteiger partial charge in [-0.3, -0.25) is 0 Å². The zero-order valence-electron chi connectivity index (χ0n) is 21.7. The van der Waals surface area contributed by atoms with Gasteiger partial charge in [-0.25, -0.2) is 0 Å². The molecule has 2 saturated carbocycles. The van der Waals surface area contributed by atoms with Gasteiger partial charge in [-0.1, -0.05) is 65.0 Å². The summed E-state index contributed by atoms with van der Waals surface area (Å²) in [4.78, 5) is 0. The Labute approximate surface area is 232 Å². The Kier molecular flexibility index (Phi) is 9.97. The number of hydrogen-bond acceptors (Lipinski definition) is 2. The maximum Gasteiger partial charge on any atom is 0.0484 e. The summed E-state index contributed by atoms with van der Waals surface area (Å²) >= 11 is 3.77. The molecule has 1 atom stereocenters. The van der Waals surface area contributed by atoms with Crippen LogP contribution in [0.4, 0.5) is 0 Å². The van der Waals surface area contributed by atoms with Crippen molar-refractivity contribution in [3.05, 3.63) is 69.8 Å². The van der Waals surface area contributed by atoms with Gasteiger partial charge in [0.25, 0.3) is 0 Å². The molecule has 3 nitrogen and oxygen atoms in total. The van der Waals surface area contributed by atoms with E-state index in [0.29, 0.717) is 18.0 Å². The molecule has 0 bridgehead atoms. The second kappa shape index (κ2) is 13.0. The minimum atomic E-state index is 0. The molecule has 0 spiro atoms. The van der Waals surface area contributed by atoms with Gasteiger partial charge in [0, 0.05) is 46.1 Å². The molecule has 1 heterocycles. The number of rotatable bonds is 8. The van der Waals surface area contributed by atoms with Crippen LogP contribution in [0, 0.1) is 12.8 Å². The van der Waals surface area contributed by atoms with E-state index in [1.165, 1.54) is 77.0 Å². The molecule has 0 saturated heterocycles. The predicted molar refractivity (Wildman–Crippen MR) is 159 cm³/mol. The Morgan fingerprint density at radius 2 is 1.78 bits per heavy atom. The molecule has 5 rings (SSSR count). The number of aromatic nitrogens is 1. The topological polar surface area (TPSA) is 43.0 Å². The third kappa shape index (κ3) is 6.75. The fraction of sp³-hybridized carbons (Fsp3) is 0.548. The minimum absolute atomic E-state index is 0. The average Bonchev–Trinajstić information content (AvgIpc) is 3.20. The number of halogens is 2. The smallest absolute Gasteiger partial charge is 0.0484 e. The van der Waals surface area contributed by atoms with Gasteiger partial charge in [0.1, 0.15) is 0 Å². The third-order valence-corrected chi connectivity index (χ3v) is 9.00. The number of hydrogen-bond donors (Lipinski definition) is 2. The van der Waals surface area contributed by atoms with Gasteiger partial charge in [-0.2, -0.15) is 0 Å². The fourth-order valence-electron chi connectivity index (χ4n) is 6.52. The molecule has 5 heteroatoms. The van der Waals surface area contributed by atoms with Crippen LogP contribution in [0.15, 0.2) is 53.1 Å². The summed E-state index contributed by atoms with van der Waals surface area (Å²) < 4.78 is 3.74. The highest BCUT2D eigenvalue weighted by atomic mass is 79.9. The molecule has 0 aliphatic heterocycles. The molecule has 196 valence electrons. The van der Waals surface area contributed by atoms with Crippen LogP contribution in [-0.2, 0) is 6.54 Å². The van der Waals surface area contributed by atoms with Crippen LogP contribution in [-0.4, -0.2) is 23.2 Å². The number of fused-ring (bicyclic) bond motifs is 1. The molecule has 36 heavy (non-hydrogen) atoms. The molecule has 3 aromatic rings. The predicted octanol–water partition coefficient (Wildman–Crippen LogP) is 8.10. The standard InChI is InChI=1S/C31H42BrN3.ClH/c1-22-6-5-9-24(18-22)28(16-17-34-27-13-11-26(33)12-14-27)30-21-35(20-23-7-3-2-4-8-23)31-15-10-25(32)19-29(30)31;/h5-6,9-10,15,18-19,21,23,26-28,34H,2-4,7-8,11-14,16-17,20,33H2,1H3;1H. The van der Waals surface area contributed by atoms with Gasteiger partial charge in [0.15, 0.2) is 0 Å². The minimum Gasteiger partial charge on any atom is -0.347 e. The molecule has 0 amide bonds. The summed E-state index contributed by atoms with van der Waals surface area (Å²) in [7, 11) is 0. The van der Waals surface area contributed by atoms with Crippen molar-refractivity contribution in [1.29, 1.82) is 0 Å². The lowest BCUT2D eigenvalue weighted by Crippen LogP contribution is -2.38. The Morgan fingerprint density at radius 1 is 1.00 bits per heavy atom. The number of benzene rings is 2. The van der Waals surface area contributed by atoms with E-state index in [2.05, 4.69) is 81.4 Å². The first-order valence-corrected chi connectivity index (χ1v) is 14.7. The summed E-state index contributed by atoms with van der Waals surface area (Å²) in [5.41, 5.74) is 11.8. The lowest BCUT2D eigenvalue weighted by molar-refractivity contribution is 0.322. The van der Waals surface area contributed by atoms with E-state index in [1.807, 2.05) is 0 Å². The Morgan fingerprint density at radius 3 is 2.53 bits per heavy atom. The Bertz CT molecular complexity index is 1110. The maximum absolute atomic E-state index is 6.14. The zero-order valence-corrected chi connectivity index (χ0v) is 24.1. The van der Waals surface area contributed by atoms with E-state index in [-0.39, 0.29) is 12.4 Å². The second-order valence-corrected chi connectivity index (χ2v) is 12.1. The first-order chi connectivity index (χ1) is 17.1. The zero-order chi connectivity index (χ0) is 24.2. The van der Waals surface area contributed by atoms with Gasteiger partial charge < -0.3 is 15.6 Å². The molecule has 1 aromatic heterocycles. The first-order valence-electron chi connectivity index (χ1n) is 13.9. The van der Waals surface area contributed by atoms with Crippen LogP contribution in [0.3, 0.4) is 0 Å². The van der Waals surface area contributed by atoms with E-state index in [4.69, 9.17) is 5.73 Å². The largest absolute Gasteiger partial charge is 0.347 e. The SMILES string of the molecule is Cc1cccc(C(CCNC2CCC(N)CC2)c2cn(CC3CCCCC3)c3ccc(Br)cc23)c1.Cl. The lowest BCUT2D eigenvalue weighted by Gasteiger charge is -2.28. The summed E-state index contributed by atoms with van der Waals surface area (Å²) in [5, 5.41) is 5.29. The van der Waals surface area contributed by atoms with Crippen molar-refractivity contribution in [2.45, 2.75) is 95.7 Å². The van der Waals surface area contributed by atoms with E-state index in [1.54, 1.807) is 0 Å². The van der Waals surface area contributed by atoms with Crippen LogP contribution in [0.1, 0.15) is 86.8 Å². The molecule has 2 fully saturated rings. The van der Waals surface area contributed by atoms with Gasteiger partial charge in [-0.05, 0) is 93.7 Å². The van der Waals surface area contributed by atoms with Crippen molar-refractivity contribution < 1.29 is 0 Å². The Hall–Kier alpha value is -1.33. The van der Waals surface area contributed by atoms with Crippen LogP contribution in [0.2, 0.25) is 0 Å². The quantitative estimate of drug-likeness (QED) is 0.286. The second-order valence-electron chi connectivity index (χ2n) is 11.2. The summed E-state index contributed by atoms with van der Waals surface area (Å²) in [6.45, 7) is 4.41. The third-order valence-electron chi connectivity index (χ3n) is 8.51. The monoisotopic (exact) mass is 571 g/mol. The number of nitrogens with two attached hydrogens (primary N) is 1. The maximum atomic E-state index is 6.14. The highest BCUT2D eigenvalue weighted by Crippen LogP contribution is 2.37. The van der Waals surface area contributed by atoms with E-state index < -0.39 is 0 Å². The molecule has 0 radical (unpaired) electrons. The van der Waals surface area contributed by atoms with Crippen molar-refractivity contribution in [2.24, 2.45) is 11.7 Å². The van der Waals surface area contributed by atoms with Crippen molar-refractivity contribution in [1.82, 2.24) is 9.88 Å². The van der Waals surface area contributed by atoms with E-state index in [9.17, 15) is 0 Å². The highest BCUT2D eigenvalue weighted by molar-refractivity contribution is 9.10. The summed E-state index contributed by atoms with van der Waals surface area (Å²) in [6.07, 6.45) is 15.3. The van der Waals surface area contributed by atoms with Crippen molar-refractivity contribution >= 4 is 39.2 Å². The molecular formula is C31H43BrClN3.